The molecule has 1 amide bonds. The van der Waals surface area contributed by atoms with Crippen LogP contribution in [0, 0.1) is 5.92 Å². The second-order valence-electron chi connectivity index (χ2n) is 5.12. The average Bonchev–Trinajstić information content (AvgIpc) is 2.87. The molecule has 1 unspecified atom stereocenters. The number of nitrogens with zero attached hydrogens (tertiary/aromatic N) is 2. The number of nitrogens with two attached hydrogens (primary N) is 1. The number of carbonyl (C=O) groups excluding carboxylic acids is 1. The minimum absolute atomic E-state index is 0.0442. The summed E-state index contributed by atoms with van der Waals surface area (Å²) in [5, 5.41) is 2.86. The van der Waals surface area contributed by atoms with Crippen molar-refractivity contribution in [3.8, 4) is 0 Å². The fourth-order valence-corrected chi connectivity index (χ4v) is 2.91. The smallest absolute Gasteiger partial charge is 0.228 e. The molecule has 0 radical (unpaired) electrons. The normalized spacial score (nSPS) is 17.8. The number of aromatic nitrogens is 1. The third-order valence-corrected chi connectivity index (χ3v) is 4.26. The van der Waals surface area contributed by atoms with Crippen LogP contribution < -0.4 is 5.73 Å². The Balaban J connectivity index is 1.94. The van der Waals surface area contributed by atoms with Crippen molar-refractivity contribution in [3.05, 3.63) is 16.1 Å². The minimum atomic E-state index is -0.0442. The predicted octanol–water partition coefficient (Wildman–Crippen LogP) is 1.20. The summed E-state index contributed by atoms with van der Waals surface area (Å²) in [7, 11) is 0. The molecule has 19 heavy (non-hydrogen) atoms. The van der Waals surface area contributed by atoms with Gasteiger partial charge in [0.15, 0.2) is 0 Å². The van der Waals surface area contributed by atoms with Gasteiger partial charge in [-0.1, -0.05) is 13.8 Å². The van der Waals surface area contributed by atoms with Gasteiger partial charge in [0.2, 0.25) is 5.91 Å². The number of hydrogen-bond donors (Lipinski definition) is 1. The maximum absolute atomic E-state index is 12.1. The number of amides is 1. The van der Waals surface area contributed by atoms with Crippen LogP contribution in [0.3, 0.4) is 0 Å². The molecule has 0 aromatic carbocycles. The van der Waals surface area contributed by atoms with E-state index in [1.807, 2.05) is 10.3 Å². The Morgan fingerprint density at radius 1 is 1.53 bits per heavy atom. The van der Waals surface area contributed by atoms with Gasteiger partial charge in [0.05, 0.1) is 31.4 Å². The Morgan fingerprint density at radius 2 is 2.21 bits per heavy atom. The van der Waals surface area contributed by atoms with E-state index in [9.17, 15) is 4.79 Å². The Hall–Kier alpha value is -0.980. The van der Waals surface area contributed by atoms with Gasteiger partial charge >= 0.3 is 0 Å². The SMILES string of the molecule is CC(C)C(N)c1nc(CC(=O)N2CCOCC2)cs1. The molecule has 1 aromatic rings. The maximum atomic E-state index is 12.1. The van der Waals surface area contributed by atoms with Crippen LogP contribution in [0.25, 0.3) is 0 Å². The molecule has 1 atom stereocenters. The Morgan fingerprint density at radius 3 is 2.84 bits per heavy atom. The fraction of sp³-hybridized carbons (Fsp3) is 0.692. The third kappa shape index (κ3) is 3.75. The van der Waals surface area contributed by atoms with E-state index in [2.05, 4.69) is 18.8 Å². The van der Waals surface area contributed by atoms with Crippen LogP contribution in [0.15, 0.2) is 5.38 Å². The van der Waals surface area contributed by atoms with Gasteiger partial charge in [0, 0.05) is 18.5 Å². The molecule has 6 heteroatoms. The van der Waals surface area contributed by atoms with E-state index >= 15 is 0 Å². The highest BCUT2D eigenvalue weighted by atomic mass is 32.1. The third-order valence-electron chi connectivity index (χ3n) is 3.27. The van der Waals surface area contributed by atoms with Crippen molar-refractivity contribution in [1.29, 1.82) is 0 Å². The number of rotatable bonds is 4. The van der Waals surface area contributed by atoms with Crippen LogP contribution in [0.2, 0.25) is 0 Å². The van der Waals surface area contributed by atoms with Gasteiger partial charge in [-0.25, -0.2) is 4.98 Å². The fourth-order valence-electron chi connectivity index (χ4n) is 1.92. The molecule has 2 rings (SSSR count). The number of carbonyl (C=O) groups is 1. The molecule has 1 aromatic heterocycles. The molecule has 1 aliphatic heterocycles. The van der Waals surface area contributed by atoms with Crippen LogP contribution in [-0.4, -0.2) is 42.1 Å². The number of hydrogen-bond acceptors (Lipinski definition) is 5. The summed E-state index contributed by atoms with van der Waals surface area (Å²) < 4.78 is 5.24. The first-order valence-electron chi connectivity index (χ1n) is 6.63. The summed E-state index contributed by atoms with van der Waals surface area (Å²) in [6.07, 6.45) is 0.362. The second kappa shape index (κ2) is 6.45. The van der Waals surface area contributed by atoms with Crippen molar-refractivity contribution in [2.45, 2.75) is 26.3 Å². The van der Waals surface area contributed by atoms with Gasteiger partial charge in [-0.05, 0) is 5.92 Å². The summed E-state index contributed by atoms with van der Waals surface area (Å²) in [6, 6.07) is -0.0442. The number of thiazole rings is 1. The van der Waals surface area contributed by atoms with E-state index in [-0.39, 0.29) is 11.9 Å². The Bertz CT molecular complexity index is 427. The second-order valence-corrected chi connectivity index (χ2v) is 6.01. The molecule has 1 saturated heterocycles. The lowest BCUT2D eigenvalue weighted by molar-refractivity contribution is -0.134. The van der Waals surface area contributed by atoms with E-state index in [0.29, 0.717) is 38.6 Å². The first kappa shape index (κ1) is 14.4. The summed E-state index contributed by atoms with van der Waals surface area (Å²) in [5.41, 5.74) is 6.89. The van der Waals surface area contributed by atoms with Gasteiger partial charge < -0.3 is 15.4 Å². The summed E-state index contributed by atoms with van der Waals surface area (Å²) in [4.78, 5) is 18.4. The highest BCUT2D eigenvalue weighted by Crippen LogP contribution is 2.22. The van der Waals surface area contributed by atoms with Crippen molar-refractivity contribution >= 4 is 17.2 Å². The van der Waals surface area contributed by atoms with Crippen molar-refractivity contribution in [1.82, 2.24) is 9.88 Å². The zero-order valence-corrected chi connectivity index (χ0v) is 12.3. The van der Waals surface area contributed by atoms with E-state index in [4.69, 9.17) is 10.5 Å². The van der Waals surface area contributed by atoms with Gasteiger partial charge in [-0.3, -0.25) is 4.79 Å². The standard InChI is InChI=1S/C13H21N3O2S/c1-9(2)12(14)13-15-10(8-19-13)7-11(17)16-3-5-18-6-4-16/h8-9,12H,3-7,14H2,1-2H3. The molecule has 2 heterocycles. The van der Waals surface area contributed by atoms with Crippen LogP contribution in [0.1, 0.15) is 30.6 Å². The van der Waals surface area contributed by atoms with Gasteiger partial charge in [0.1, 0.15) is 5.01 Å². The minimum Gasteiger partial charge on any atom is -0.378 e. The lowest BCUT2D eigenvalue weighted by Crippen LogP contribution is -2.41. The lowest BCUT2D eigenvalue weighted by atomic mass is 10.1. The van der Waals surface area contributed by atoms with Crippen molar-refractivity contribution in [2.24, 2.45) is 11.7 Å². The molecule has 0 saturated carbocycles. The molecular formula is C13H21N3O2S. The molecule has 106 valence electrons. The zero-order valence-electron chi connectivity index (χ0n) is 11.5. The highest BCUT2D eigenvalue weighted by molar-refractivity contribution is 7.09. The molecule has 1 aliphatic rings. The molecule has 0 bridgehead atoms. The van der Waals surface area contributed by atoms with E-state index in [0.717, 1.165) is 10.7 Å². The number of ether oxygens (including phenoxy) is 1. The zero-order chi connectivity index (χ0) is 13.8. The Kier molecular flexibility index (Phi) is 4.90. The topological polar surface area (TPSA) is 68.5 Å². The van der Waals surface area contributed by atoms with E-state index < -0.39 is 0 Å². The van der Waals surface area contributed by atoms with Crippen molar-refractivity contribution in [2.75, 3.05) is 26.3 Å². The first-order chi connectivity index (χ1) is 9.08. The van der Waals surface area contributed by atoms with Crippen LogP contribution >= 0.6 is 11.3 Å². The van der Waals surface area contributed by atoms with Gasteiger partial charge in [-0.2, -0.15) is 0 Å². The Labute approximate surface area is 117 Å². The quantitative estimate of drug-likeness (QED) is 0.901. The molecule has 0 aliphatic carbocycles. The van der Waals surface area contributed by atoms with Crippen molar-refractivity contribution in [3.63, 3.8) is 0 Å². The van der Waals surface area contributed by atoms with Gasteiger partial charge in [-0.15, -0.1) is 11.3 Å². The summed E-state index contributed by atoms with van der Waals surface area (Å²) in [6.45, 7) is 6.77. The molecule has 2 N–H and O–H groups in total. The van der Waals surface area contributed by atoms with E-state index in [1.54, 1.807) is 11.3 Å². The summed E-state index contributed by atoms with van der Waals surface area (Å²) >= 11 is 1.54. The molecule has 0 spiro atoms. The highest BCUT2D eigenvalue weighted by Gasteiger charge is 2.19. The van der Waals surface area contributed by atoms with Crippen LogP contribution in [0.4, 0.5) is 0 Å². The van der Waals surface area contributed by atoms with Gasteiger partial charge in [0.25, 0.3) is 0 Å². The average molecular weight is 283 g/mol. The monoisotopic (exact) mass is 283 g/mol. The van der Waals surface area contributed by atoms with Crippen LogP contribution in [-0.2, 0) is 16.0 Å². The largest absolute Gasteiger partial charge is 0.378 e. The predicted molar refractivity (Wildman–Crippen MR) is 75.0 cm³/mol. The molecular weight excluding hydrogens is 262 g/mol. The maximum Gasteiger partial charge on any atom is 0.228 e. The molecule has 1 fully saturated rings. The molecule has 5 nitrogen and oxygen atoms in total. The first-order valence-corrected chi connectivity index (χ1v) is 7.51. The van der Waals surface area contributed by atoms with Crippen LogP contribution in [0.5, 0.6) is 0 Å². The van der Waals surface area contributed by atoms with Crippen molar-refractivity contribution < 1.29 is 9.53 Å². The lowest BCUT2D eigenvalue weighted by Gasteiger charge is -2.26. The van der Waals surface area contributed by atoms with E-state index in [1.165, 1.54) is 0 Å². The number of morpholine rings is 1. The summed E-state index contributed by atoms with van der Waals surface area (Å²) in [5.74, 6) is 0.479.